The van der Waals surface area contributed by atoms with Crippen LogP contribution < -0.4 is 35.1 Å². The van der Waals surface area contributed by atoms with Gasteiger partial charge in [-0.2, -0.15) is 0 Å². The van der Waals surface area contributed by atoms with Gasteiger partial charge in [0, 0.05) is 6.07 Å². The van der Waals surface area contributed by atoms with Crippen molar-refractivity contribution >= 4 is 11.7 Å². The zero-order valence-corrected chi connectivity index (χ0v) is 14.3. The Morgan fingerprint density at radius 2 is 1.75 bits per heavy atom. The summed E-state index contributed by atoms with van der Waals surface area (Å²) in [7, 11) is 0. The Morgan fingerprint density at radius 3 is 2.50 bits per heavy atom. The molecular formula is C17H16F3N3O5. The third kappa shape index (κ3) is 5.76. The van der Waals surface area contributed by atoms with Gasteiger partial charge in [-0.25, -0.2) is 4.79 Å². The minimum atomic E-state index is -4.75. The highest BCUT2D eigenvalue weighted by Gasteiger charge is 2.30. The molecule has 0 bridgehead atoms. The number of alkyl halides is 3. The Bertz CT molecular complexity index is 815. The number of nitrogens with one attached hydrogen (secondary N) is 3. The first kappa shape index (κ1) is 19.3. The maximum absolute atomic E-state index is 12.1. The first-order chi connectivity index (χ1) is 13.4. The summed E-state index contributed by atoms with van der Waals surface area (Å²) in [6, 6.07) is 9.49. The average molecular weight is 399 g/mol. The van der Waals surface area contributed by atoms with Crippen molar-refractivity contribution in [2.75, 3.05) is 25.4 Å². The Balaban J connectivity index is 1.33. The number of hydrogen-bond donors (Lipinski definition) is 3. The number of benzene rings is 2. The number of carbonyl (C=O) groups excluding carboxylic acids is 1. The number of rotatable bonds is 7. The smallest absolute Gasteiger partial charge is 0.492 e. The molecule has 1 heterocycles. The highest BCUT2D eigenvalue weighted by Crippen LogP contribution is 2.35. The molecule has 0 saturated carbocycles. The van der Waals surface area contributed by atoms with Crippen LogP contribution in [0.5, 0.6) is 23.0 Å². The first-order valence-corrected chi connectivity index (χ1v) is 8.07. The van der Waals surface area contributed by atoms with E-state index in [1.807, 2.05) is 0 Å². The van der Waals surface area contributed by atoms with Crippen molar-refractivity contribution in [3.63, 3.8) is 0 Å². The SMILES string of the molecule is O=C(NCCOc1ccc2c(c1)OCO2)NNc1ccc(OC(F)(F)F)cc1. The van der Waals surface area contributed by atoms with Gasteiger partial charge < -0.3 is 24.3 Å². The third-order valence-corrected chi connectivity index (χ3v) is 3.41. The number of hydrazine groups is 1. The van der Waals surface area contributed by atoms with Crippen LogP contribution in [0, 0.1) is 0 Å². The number of carbonyl (C=O) groups is 1. The quantitative estimate of drug-likeness (QED) is 0.490. The van der Waals surface area contributed by atoms with Crippen molar-refractivity contribution in [2.24, 2.45) is 0 Å². The lowest BCUT2D eigenvalue weighted by atomic mass is 10.3. The van der Waals surface area contributed by atoms with Crippen LogP contribution in [0.1, 0.15) is 0 Å². The van der Waals surface area contributed by atoms with Gasteiger partial charge >= 0.3 is 12.4 Å². The second kappa shape index (κ2) is 8.46. The molecule has 0 aliphatic carbocycles. The van der Waals surface area contributed by atoms with Crippen LogP contribution in [-0.2, 0) is 0 Å². The van der Waals surface area contributed by atoms with Crippen molar-refractivity contribution in [3.8, 4) is 23.0 Å². The molecule has 3 N–H and O–H groups in total. The van der Waals surface area contributed by atoms with Crippen molar-refractivity contribution in [3.05, 3.63) is 42.5 Å². The van der Waals surface area contributed by atoms with E-state index in [1.54, 1.807) is 18.2 Å². The normalized spacial score (nSPS) is 12.2. The second-order valence-electron chi connectivity index (χ2n) is 5.44. The number of urea groups is 1. The van der Waals surface area contributed by atoms with Crippen LogP contribution in [0.25, 0.3) is 0 Å². The molecule has 0 atom stereocenters. The molecule has 0 saturated heterocycles. The van der Waals surface area contributed by atoms with Gasteiger partial charge in [0.05, 0.1) is 12.2 Å². The minimum Gasteiger partial charge on any atom is -0.492 e. The standard InChI is InChI=1S/C17H16F3N3O5/c18-17(19,20)28-12-3-1-11(2-4-12)22-23-16(24)21-7-8-25-13-5-6-14-15(9-13)27-10-26-14/h1-6,9,22H,7-8,10H2,(H2,21,23,24). The Kier molecular flexibility index (Phi) is 5.82. The topological polar surface area (TPSA) is 90.1 Å². The van der Waals surface area contributed by atoms with E-state index in [0.717, 1.165) is 12.1 Å². The van der Waals surface area contributed by atoms with Crippen LogP contribution in [0.2, 0.25) is 0 Å². The summed E-state index contributed by atoms with van der Waals surface area (Å²) >= 11 is 0. The number of fused-ring (bicyclic) bond motifs is 1. The van der Waals surface area contributed by atoms with E-state index in [0.29, 0.717) is 22.9 Å². The number of hydrogen-bond acceptors (Lipinski definition) is 6. The molecule has 1 aliphatic heterocycles. The molecule has 1 aliphatic rings. The molecule has 0 radical (unpaired) electrons. The molecule has 150 valence electrons. The average Bonchev–Trinajstić information content (AvgIpc) is 3.11. The van der Waals surface area contributed by atoms with E-state index < -0.39 is 12.4 Å². The molecule has 28 heavy (non-hydrogen) atoms. The molecule has 3 rings (SSSR count). The number of anilines is 1. The minimum absolute atomic E-state index is 0.172. The van der Waals surface area contributed by atoms with E-state index >= 15 is 0 Å². The summed E-state index contributed by atoms with van der Waals surface area (Å²) in [6.07, 6.45) is -4.75. The summed E-state index contributed by atoms with van der Waals surface area (Å²) in [4.78, 5) is 11.7. The Labute approximate surface area is 157 Å². The fourth-order valence-corrected chi connectivity index (χ4v) is 2.21. The van der Waals surface area contributed by atoms with Crippen molar-refractivity contribution in [1.82, 2.24) is 10.7 Å². The maximum atomic E-state index is 12.1. The Hall–Kier alpha value is -3.50. The van der Waals surface area contributed by atoms with Gasteiger partial charge in [-0.1, -0.05) is 0 Å². The predicted molar refractivity (Wildman–Crippen MR) is 91.3 cm³/mol. The predicted octanol–water partition coefficient (Wildman–Crippen LogP) is 3.02. The van der Waals surface area contributed by atoms with Gasteiger partial charge in [0.25, 0.3) is 0 Å². The van der Waals surface area contributed by atoms with E-state index in [2.05, 4.69) is 20.9 Å². The lowest BCUT2D eigenvalue weighted by Crippen LogP contribution is -2.40. The van der Waals surface area contributed by atoms with Gasteiger partial charge in [-0.15, -0.1) is 13.2 Å². The monoisotopic (exact) mass is 399 g/mol. The van der Waals surface area contributed by atoms with Gasteiger partial charge in [0.1, 0.15) is 18.1 Å². The fourth-order valence-electron chi connectivity index (χ4n) is 2.21. The van der Waals surface area contributed by atoms with Gasteiger partial charge in [0.2, 0.25) is 6.79 Å². The molecule has 8 nitrogen and oxygen atoms in total. The summed E-state index contributed by atoms with van der Waals surface area (Å²) in [5, 5.41) is 2.55. The summed E-state index contributed by atoms with van der Waals surface area (Å²) < 4.78 is 55.9. The molecule has 2 amide bonds. The molecule has 11 heteroatoms. The van der Waals surface area contributed by atoms with E-state index in [1.165, 1.54) is 12.1 Å². The third-order valence-electron chi connectivity index (χ3n) is 3.41. The van der Waals surface area contributed by atoms with Crippen LogP contribution >= 0.6 is 0 Å². The summed E-state index contributed by atoms with van der Waals surface area (Å²) in [5.41, 5.74) is 5.27. The molecule has 0 fully saturated rings. The molecule has 2 aromatic rings. The highest BCUT2D eigenvalue weighted by atomic mass is 19.4. The van der Waals surface area contributed by atoms with Crippen LogP contribution in [0.4, 0.5) is 23.7 Å². The molecule has 0 aromatic heterocycles. The largest absolute Gasteiger partial charge is 0.573 e. The van der Waals surface area contributed by atoms with Crippen molar-refractivity contribution < 1.29 is 36.9 Å². The molecule has 2 aromatic carbocycles. The summed E-state index contributed by atoms with van der Waals surface area (Å²) in [5.74, 6) is 1.46. The molecular weight excluding hydrogens is 383 g/mol. The van der Waals surface area contributed by atoms with Gasteiger partial charge in [-0.3, -0.25) is 10.9 Å². The van der Waals surface area contributed by atoms with E-state index in [-0.39, 0.29) is 25.7 Å². The van der Waals surface area contributed by atoms with Crippen LogP contribution in [0.15, 0.2) is 42.5 Å². The van der Waals surface area contributed by atoms with Gasteiger partial charge in [0.15, 0.2) is 11.5 Å². The van der Waals surface area contributed by atoms with E-state index in [9.17, 15) is 18.0 Å². The number of halogens is 3. The number of ether oxygens (including phenoxy) is 4. The maximum Gasteiger partial charge on any atom is 0.573 e. The Morgan fingerprint density at radius 1 is 1.04 bits per heavy atom. The fraction of sp³-hybridized carbons (Fsp3) is 0.235. The van der Waals surface area contributed by atoms with Crippen molar-refractivity contribution in [2.45, 2.75) is 6.36 Å². The summed E-state index contributed by atoms with van der Waals surface area (Å²) in [6.45, 7) is 0.614. The zero-order chi connectivity index (χ0) is 20.0. The van der Waals surface area contributed by atoms with Gasteiger partial charge in [-0.05, 0) is 36.4 Å². The lowest BCUT2D eigenvalue weighted by molar-refractivity contribution is -0.274. The lowest BCUT2D eigenvalue weighted by Gasteiger charge is -2.12. The van der Waals surface area contributed by atoms with Crippen LogP contribution in [0.3, 0.4) is 0 Å². The molecule has 0 spiro atoms. The van der Waals surface area contributed by atoms with E-state index in [4.69, 9.17) is 14.2 Å². The number of amides is 2. The first-order valence-electron chi connectivity index (χ1n) is 8.07. The highest BCUT2D eigenvalue weighted by molar-refractivity contribution is 5.75. The zero-order valence-electron chi connectivity index (χ0n) is 14.3. The second-order valence-corrected chi connectivity index (χ2v) is 5.44. The van der Waals surface area contributed by atoms with Crippen molar-refractivity contribution in [1.29, 1.82) is 0 Å². The van der Waals surface area contributed by atoms with Crippen LogP contribution in [-0.4, -0.2) is 32.3 Å². The molecule has 0 unspecified atom stereocenters.